The summed E-state index contributed by atoms with van der Waals surface area (Å²) in [7, 11) is -3.28. The van der Waals surface area contributed by atoms with Crippen LogP contribution in [0.2, 0.25) is 5.02 Å². The van der Waals surface area contributed by atoms with E-state index in [1.807, 2.05) is 0 Å². The number of hydrogen-bond acceptors (Lipinski definition) is 4. The third kappa shape index (κ3) is 2.59. The average molecular weight is 323 g/mol. The first kappa shape index (κ1) is 13.9. The summed E-state index contributed by atoms with van der Waals surface area (Å²) in [6, 6.07) is 9.28. The highest BCUT2D eigenvalue weighted by Crippen LogP contribution is 2.31. The van der Waals surface area contributed by atoms with Gasteiger partial charge in [0.25, 0.3) is 0 Å². The molecule has 5 nitrogen and oxygen atoms in total. The van der Waals surface area contributed by atoms with E-state index >= 15 is 0 Å². The van der Waals surface area contributed by atoms with Crippen LogP contribution in [0.5, 0.6) is 5.75 Å². The second kappa shape index (κ2) is 4.75. The normalized spacial score (nSPS) is 11.9. The van der Waals surface area contributed by atoms with Crippen molar-refractivity contribution in [3.63, 3.8) is 0 Å². The molecule has 0 fully saturated rings. The molecule has 1 heterocycles. The van der Waals surface area contributed by atoms with Gasteiger partial charge in [0.05, 0.1) is 21.5 Å². The van der Waals surface area contributed by atoms with E-state index in [2.05, 4.69) is 9.97 Å². The minimum atomic E-state index is -3.28. The molecule has 0 radical (unpaired) electrons. The number of halogens is 1. The van der Waals surface area contributed by atoms with Gasteiger partial charge in [0.1, 0.15) is 11.6 Å². The fourth-order valence-electron chi connectivity index (χ4n) is 2.04. The molecule has 7 heteroatoms. The van der Waals surface area contributed by atoms with Crippen LogP contribution in [0, 0.1) is 0 Å². The summed E-state index contributed by atoms with van der Waals surface area (Å²) in [5.41, 5.74) is 1.64. The van der Waals surface area contributed by atoms with Crippen LogP contribution in [0.3, 0.4) is 0 Å². The van der Waals surface area contributed by atoms with Gasteiger partial charge in [-0.15, -0.1) is 0 Å². The van der Waals surface area contributed by atoms with Crippen molar-refractivity contribution in [2.24, 2.45) is 0 Å². The maximum Gasteiger partial charge on any atom is 0.175 e. The van der Waals surface area contributed by atoms with Crippen molar-refractivity contribution < 1.29 is 13.5 Å². The van der Waals surface area contributed by atoms with Gasteiger partial charge in [-0.3, -0.25) is 0 Å². The van der Waals surface area contributed by atoms with E-state index in [0.29, 0.717) is 27.4 Å². The fraction of sp³-hybridized carbons (Fsp3) is 0.0714. The maximum atomic E-state index is 11.6. The predicted octanol–water partition coefficient (Wildman–Crippen LogP) is 2.99. The van der Waals surface area contributed by atoms with Crippen molar-refractivity contribution in [3.8, 4) is 17.1 Å². The van der Waals surface area contributed by atoms with E-state index in [1.165, 1.54) is 18.2 Å². The number of hydrogen-bond donors (Lipinski definition) is 2. The van der Waals surface area contributed by atoms with Gasteiger partial charge < -0.3 is 10.1 Å². The third-order valence-electron chi connectivity index (χ3n) is 3.10. The number of aromatic amines is 1. The summed E-state index contributed by atoms with van der Waals surface area (Å²) in [6.07, 6.45) is 1.15. The number of benzene rings is 2. The standard InChI is InChI=1S/C14H11ClN2O3S/c1-21(19,20)9-3-4-11-12(7-9)17-14(16-11)10-6-8(15)2-5-13(10)18/h2-7,18H,1H3,(H,16,17). The zero-order valence-electron chi connectivity index (χ0n) is 11.0. The van der Waals surface area contributed by atoms with Crippen LogP contribution in [-0.4, -0.2) is 29.7 Å². The number of rotatable bonds is 2. The number of H-pyrrole nitrogens is 1. The summed E-state index contributed by atoms with van der Waals surface area (Å²) in [5.74, 6) is 0.470. The molecule has 0 aliphatic rings. The number of aromatic hydroxyl groups is 1. The van der Waals surface area contributed by atoms with Gasteiger partial charge in [0.2, 0.25) is 0 Å². The molecule has 0 unspecified atom stereocenters. The lowest BCUT2D eigenvalue weighted by atomic mass is 10.2. The number of fused-ring (bicyclic) bond motifs is 1. The monoisotopic (exact) mass is 322 g/mol. The smallest absolute Gasteiger partial charge is 0.175 e. The number of nitrogens with one attached hydrogen (secondary N) is 1. The van der Waals surface area contributed by atoms with Crippen molar-refractivity contribution in [3.05, 3.63) is 41.4 Å². The van der Waals surface area contributed by atoms with Gasteiger partial charge in [-0.25, -0.2) is 13.4 Å². The zero-order chi connectivity index (χ0) is 15.2. The van der Waals surface area contributed by atoms with Crippen molar-refractivity contribution in [1.82, 2.24) is 9.97 Å². The van der Waals surface area contributed by atoms with Crippen LogP contribution < -0.4 is 0 Å². The lowest BCUT2D eigenvalue weighted by Crippen LogP contribution is -1.96. The van der Waals surface area contributed by atoms with Crippen LogP contribution >= 0.6 is 11.6 Å². The van der Waals surface area contributed by atoms with E-state index in [1.54, 1.807) is 18.2 Å². The molecule has 0 saturated heterocycles. The van der Waals surface area contributed by atoms with Crippen LogP contribution in [-0.2, 0) is 9.84 Å². The second-order valence-electron chi connectivity index (χ2n) is 4.70. The number of phenolic OH excluding ortho intramolecular Hbond substituents is 1. The van der Waals surface area contributed by atoms with Crippen molar-refractivity contribution >= 4 is 32.5 Å². The van der Waals surface area contributed by atoms with Crippen LogP contribution in [0.15, 0.2) is 41.3 Å². The van der Waals surface area contributed by atoms with Crippen molar-refractivity contribution in [2.75, 3.05) is 6.26 Å². The summed E-state index contributed by atoms with van der Waals surface area (Å²) in [6.45, 7) is 0. The minimum absolute atomic E-state index is 0.0433. The Labute approximate surface area is 126 Å². The summed E-state index contributed by atoms with van der Waals surface area (Å²) in [4.78, 5) is 7.55. The molecule has 3 rings (SSSR count). The number of sulfone groups is 1. The highest BCUT2D eigenvalue weighted by atomic mass is 35.5. The largest absolute Gasteiger partial charge is 0.507 e. The highest BCUT2D eigenvalue weighted by molar-refractivity contribution is 7.90. The Bertz CT molecular complexity index is 948. The molecule has 0 aliphatic carbocycles. The van der Waals surface area contributed by atoms with Gasteiger partial charge in [0.15, 0.2) is 9.84 Å². The third-order valence-corrected chi connectivity index (χ3v) is 4.44. The van der Waals surface area contributed by atoms with E-state index in [4.69, 9.17) is 11.6 Å². The molecular formula is C14H11ClN2O3S. The first-order valence-corrected chi connectivity index (χ1v) is 8.30. The Balaban J connectivity index is 2.20. The summed E-state index contributed by atoms with van der Waals surface area (Å²) >= 11 is 5.92. The zero-order valence-corrected chi connectivity index (χ0v) is 12.5. The lowest BCUT2D eigenvalue weighted by molar-refractivity contribution is 0.477. The molecular weight excluding hydrogens is 312 g/mol. The van der Waals surface area contributed by atoms with Gasteiger partial charge >= 0.3 is 0 Å². The Hall–Kier alpha value is -2.05. The van der Waals surface area contributed by atoms with Gasteiger partial charge in [0, 0.05) is 11.3 Å². The SMILES string of the molecule is CS(=O)(=O)c1ccc2nc(-c3cc(Cl)ccc3O)[nH]c2c1. The average Bonchev–Trinajstić information content (AvgIpc) is 2.83. The first-order chi connectivity index (χ1) is 9.84. The van der Waals surface area contributed by atoms with Crippen molar-refractivity contribution in [2.45, 2.75) is 4.90 Å². The van der Waals surface area contributed by atoms with E-state index in [9.17, 15) is 13.5 Å². The van der Waals surface area contributed by atoms with E-state index < -0.39 is 9.84 Å². The van der Waals surface area contributed by atoms with E-state index in [0.717, 1.165) is 6.26 Å². The lowest BCUT2D eigenvalue weighted by Gasteiger charge is -2.01. The molecule has 2 aromatic carbocycles. The minimum Gasteiger partial charge on any atom is -0.507 e. The molecule has 0 saturated carbocycles. The number of phenols is 1. The topological polar surface area (TPSA) is 83.1 Å². The molecule has 1 aromatic heterocycles. The Morgan fingerprint density at radius 3 is 2.67 bits per heavy atom. The molecule has 0 bridgehead atoms. The molecule has 108 valence electrons. The van der Waals surface area contributed by atoms with E-state index in [-0.39, 0.29) is 10.6 Å². The molecule has 0 amide bonds. The fourth-order valence-corrected chi connectivity index (χ4v) is 2.86. The van der Waals surface area contributed by atoms with Crippen LogP contribution in [0.4, 0.5) is 0 Å². The Morgan fingerprint density at radius 2 is 1.95 bits per heavy atom. The summed E-state index contributed by atoms with van der Waals surface area (Å²) < 4.78 is 23.1. The number of imidazole rings is 1. The highest BCUT2D eigenvalue weighted by Gasteiger charge is 2.13. The molecule has 0 spiro atoms. The van der Waals surface area contributed by atoms with Crippen molar-refractivity contribution in [1.29, 1.82) is 0 Å². The molecule has 2 N–H and O–H groups in total. The van der Waals surface area contributed by atoms with Crippen LogP contribution in [0.25, 0.3) is 22.4 Å². The maximum absolute atomic E-state index is 11.6. The summed E-state index contributed by atoms with van der Waals surface area (Å²) in [5, 5.41) is 10.4. The van der Waals surface area contributed by atoms with Gasteiger partial charge in [-0.05, 0) is 36.4 Å². The quantitative estimate of drug-likeness (QED) is 0.759. The molecule has 3 aromatic rings. The van der Waals surface area contributed by atoms with Gasteiger partial charge in [-0.1, -0.05) is 11.6 Å². The number of nitrogens with zero attached hydrogens (tertiary/aromatic N) is 1. The Kier molecular flexibility index (Phi) is 3.15. The first-order valence-electron chi connectivity index (χ1n) is 6.03. The molecule has 0 atom stereocenters. The Morgan fingerprint density at radius 1 is 1.19 bits per heavy atom. The molecule has 21 heavy (non-hydrogen) atoms. The number of aromatic nitrogens is 2. The van der Waals surface area contributed by atoms with Gasteiger partial charge in [-0.2, -0.15) is 0 Å². The predicted molar refractivity (Wildman–Crippen MR) is 81.3 cm³/mol. The molecule has 0 aliphatic heterocycles. The second-order valence-corrected chi connectivity index (χ2v) is 7.15. The van der Waals surface area contributed by atoms with Crippen LogP contribution in [0.1, 0.15) is 0 Å².